The summed E-state index contributed by atoms with van der Waals surface area (Å²) in [5.74, 6) is -1.59. The Bertz CT molecular complexity index is 1960. The fraction of sp³-hybridized carbons (Fsp3) is 0.381. The van der Waals surface area contributed by atoms with E-state index >= 15 is 0 Å². The van der Waals surface area contributed by atoms with Crippen LogP contribution < -0.4 is 10.2 Å². The Labute approximate surface area is 352 Å². The molecule has 2 fully saturated rings. The second-order valence-electron chi connectivity index (χ2n) is 13.3. The Kier molecular flexibility index (Phi) is 18.6. The number of rotatable bonds is 9. The van der Waals surface area contributed by atoms with Gasteiger partial charge in [-0.3, -0.25) is 14.9 Å². The minimum absolute atomic E-state index is 0.156. The number of amides is 4. The number of alkyl halides is 1. The maximum atomic E-state index is 13.8. The summed E-state index contributed by atoms with van der Waals surface area (Å²) in [7, 11) is 2.65. The molecule has 1 N–H and O–H groups in total. The van der Waals surface area contributed by atoms with Crippen LogP contribution in [0.2, 0.25) is 0 Å². The summed E-state index contributed by atoms with van der Waals surface area (Å²) >= 11 is 3.26. The van der Waals surface area contributed by atoms with Gasteiger partial charge < -0.3 is 34.4 Å². The Balaban J connectivity index is 0.000000217. The van der Waals surface area contributed by atoms with Crippen LogP contribution in [0.3, 0.4) is 0 Å². The largest absolute Gasteiger partial charge is 0.465 e. The number of hydrogen-bond donors (Lipinski definition) is 1. The normalized spacial score (nSPS) is 14.2. The first kappa shape index (κ1) is 46.2. The van der Waals surface area contributed by atoms with Crippen LogP contribution >= 0.6 is 15.9 Å². The number of ether oxygens (including phenoxy) is 2. The summed E-state index contributed by atoms with van der Waals surface area (Å²) < 4.78 is 36.0. The monoisotopic (exact) mass is 880 g/mol. The molecule has 0 bridgehead atoms. The number of aromatic nitrogens is 2. The van der Waals surface area contributed by atoms with Crippen LogP contribution in [0.4, 0.5) is 29.7 Å². The van der Waals surface area contributed by atoms with Crippen molar-refractivity contribution in [1.82, 2.24) is 29.6 Å². The van der Waals surface area contributed by atoms with Crippen molar-refractivity contribution in [3.05, 3.63) is 119 Å². The van der Waals surface area contributed by atoms with Crippen molar-refractivity contribution >= 4 is 51.3 Å². The number of likely N-dealkylation sites (N-methyl/N-ethyl adjacent to an activating group) is 2. The molecule has 59 heavy (non-hydrogen) atoms. The van der Waals surface area contributed by atoms with Gasteiger partial charge >= 0.3 is 24.0 Å². The van der Waals surface area contributed by atoms with Crippen LogP contribution in [0.25, 0.3) is 0 Å². The average Bonchev–Trinajstić information content (AvgIpc) is 3.28. The Morgan fingerprint density at radius 3 is 1.66 bits per heavy atom. The van der Waals surface area contributed by atoms with E-state index in [-0.39, 0.29) is 30.4 Å². The number of carbonyl (C=O) groups excluding carboxylic acids is 4. The first-order valence-corrected chi connectivity index (χ1v) is 20.3. The number of halogens is 3. The molecule has 4 heterocycles. The molecule has 2 aromatic carbocycles. The van der Waals surface area contributed by atoms with E-state index in [0.717, 1.165) is 58.1 Å². The molecule has 4 amide bonds. The van der Waals surface area contributed by atoms with Crippen LogP contribution in [0.1, 0.15) is 46.0 Å². The molecule has 2 aliphatic rings. The zero-order valence-corrected chi connectivity index (χ0v) is 35.4. The highest BCUT2D eigenvalue weighted by Gasteiger charge is 2.27. The van der Waals surface area contributed by atoms with Gasteiger partial charge in [0, 0.05) is 81.5 Å². The third-order valence-electron chi connectivity index (χ3n) is 9.57. The van der Waals surface area contributed by atoms with Crippen LogP contribution in [0.15, 0.2) is 85.2 Å². The highest BCUT2D eigenvalue weighted by molar-refractivity contribution is 9.08. The molecule has 0 aliphatic carbocycles. The number of esters is 2. The quantitative estimate of drug-likeness (QED) is 0.146. The highest BCUT2D eigenvalue weighted by atomic mass is 79.9. The molecule has 4 aromatic rings. The number of hydrogen-bond acceptors (Lipinski definition) is 10. The summed E-state index contributed by atoms with van der Waals surface area (Å²) in [6.45, 7) is 12.4. The Morgan fingerprint density at radius 2 is 1.20 bits per heavy atom. The summed E-state index contributed by atoms with van der Waals surface area (Å²) in [6.07, 6.45) is 2.91. The molecule has 17 heteroatoms. The minimum Gasteiger partial charge on any atom is -0.465 e. The zero-order chi connectivity index (χ0) is 42.7. The number of nitrogens with zero attached hydrogens (tertiary/aromatic N) is 7. The molecule has 2 aromatic heterocycles. The molecule has 0 unspecified atom stereocenters. The van der Waals surface area contributed by atoms with E-state index in [9.17, 15) is 28.0 Å². The molecule has 6 rings (SSSR count). The summed E-state index contributed by atoms with van der Waals surface area (Å²) in [4.78, 5) is 65.6. The van der Waals surface area contributed by atoms with E-state index in [1.807, 2.05) is 0 Å². The van der Waals surface area contributed by atoms with Crippen molar-refractivity contribution in [3.63, 3.8) is 0 Å². The number of pyridine rings is 2. The molecule has 14 nitrogen and oxygen atoms in total. The molecule has 0 atom stereocenters. The van der Waals surface area contributed by atoms with Gasteiger partial charge in [-0.25, -0.2) is 28.0 Å². The number of methoxy groups -OCH3 is 2. The first-order chi connectivity index (χ1) is 28.5. The lowest BCUT2D eigenvalue weighted by Gasteiger charge is -2.37. The number of piperazine rings is 2. The second-order valence-corrected chi connectivity index (χ2v) is 13.9. The molecule has 316 valence electrons. The molecule has 0 radical (unpaired) electrons. The highest BCUT2D eigenvalue weighted by Crippen LogP contribution is 2.21. The minimum atomic E-state index is -0.476. The topological polar surface area (TPSA) is 141 Å². The van der Waals surface area contributed by atoms with Crippen molar-refractivity contribution in [2.75, 3.05) is 89.9 Å². The summed E-state index contributed by atoms with van der Waals surface area (Å²) in [5, 5.41) is 3.40. The van der Waals surface area contributed by atoms with Gasteiger partial charge in [0.2, 0.25) is 0 Å². The fourth-order valence-electron chi connectivity index (χ4n) is 6.04. The predicted octanol–water partition coefficient (Wildman–Crippen LogP) is 6.53. The van der Waals surface area contributed by atoms with Crippen molar-refractivity contribution in [2.24, 2.45) is 0 Å². The third-order valence-corrected chi connectivity index (χ3v) is 10.1. The number of urea groups is 2. The van der Waals surface area contributed by atoms with Gasteiger partial charge in [-0.05, 0) is 73.8 Å². The van der Waals surface area contributed by atoms with E-state index in [0.29, 0.717) is 46.6 Å². The van der Waals surface area contributed by atoms with E-state index in [1.165, 1.54) is 55.8 Å². The van der Waals surface area contributed by atoms with E-state index in [4.69, 9.17) is 0 Å². The second kappa shape index (κ2) is 23.8. The van der Waals surface area contributed by atoms with Crippen molar-refractivity contribution in [3.8, 4) is 0 Å². The lowest BCUT2D eigenvalue weighted by Crippen LogP contribution is -2.52. The van der Waals surface area contributed by atoms with Gasteiger partial charge in [-0.1, -0.05) is 41.9 Å². The van der Waals surface area contributed by atoms with Crippen molar-refractivity contribution < 1.29 is 37.4 Å². The maximum absolute atomic E-state index is 13.8. The van der Waals surface area contributed by atoms with Gasteiger partial charge in [0.25, 0.3) is 0 Å². The van der Waals surface area contributed by atoms with E-state index in [1.54, 1.807) is 58.3 Å². The number of benzene rings is 2. The van der Waals surface area contributed by atoms with Crippen molar-refractivity contribution in [2.45, 2.75) is 25.7 Å². The van der Waals surface area contributed by atoms with Gasteiger partial charge in [0.1, 0.15) is 11.6 Å². The molecular formula is C42H51BrF2N8O6. The molecule has 2 aliphatic heterocycles. The van der Waals surface area contributed by atoms with Crippen LogP contribution in [-0.2, 0) is 21.3 Å². The standard InChI is InChI=1S/C21H25FN4O3.C13H18FN3O.C8H8BrNO2/c1-3-24-9-11-25(12-10-24)21(28)26(19-6-4-5-17(22)13-19)15-18-8-7-16(14-23-18)20(27)29-2;1-2-16-6-8-17(9-7-16)13(18)15-12-5-3-4-11(14)10-12;1-12-8(11)6-2-3-7(4-9)10-5-6/h4-8,13-14H,3,9-12,15H2,1-2H3;3-5,10H,2,6-9H2,1H3,(H,15,18);2-3,5H,4H2,1H3. The van der Waals surface area contributed by atoms with E-state index in [2.05, 4.69) is 64.3 Å². The van der Waals surface area contributed by atoms with Gasteiger partial charge in [0.05, 0.1) is 43.3 Å². The lowest BCUT2D eigenvalue weighted by atomic mass is 10.2. The smallest absolute Gasteiger partial charge is 0.339 e. The SMILES string of the molecule is CCN1CCN(C(=O)N(Cc2ccc(C(=O)OC)cn2)c2cccc(F)c2)CC1.CCN1CCN(C(=O)Nc2cccc(F)c2)CC1.COC(=O)c1ccc(CBr)nc1. The van der Waals surface area contributed by atoms with Gasteiger partial charge in [-0.2, -0.15) is 0 Å². The Hall–Kier alpha value is -5.52. The Morgan fingerprint density at radius 1 is 0.695 bits per heavy atom. The van der Waals surface area contributed by atoms with Gasteiger partial charge in [-0.15, -0.1) is 0 Å². The van der Waals surface area contributed by atoms with Crippen LogP contribution in [0.5, 0.6) is 0 Å². The summed E-state index contributed by atoms with van der Waals surface area (Å²) in [5.41, 5.74) is 3.24. The average molecular weight is 882 g/mol. The third kappa shape index (κ3) is 14.4. The molecule has 0 spiro atoms. The summed E-state index contributed by atoms with van der Waals surface area (Å²) in [6, 6.07) is 18.3. The first-order valence-electron chi connectivity index (χ1n) is 19.2. The van der Waals surface area contributed by atoms with Crippen LogP contribution in [0, 0.1) is 11.6 Å². The zero-order valence-electron chi connectivity index (χ0n) is 33.8. The van der Waals surface area contributed by atoms with Crippen molar-refractivity contribution in [1.29, 1.82) is 0 Å². The number of nitrogens with one attached hydrogen (secondary N) is 1. The van der Waals surface area contributed by atoms with E-state index < -0.39 is 11.8 Å². The number of anilines is 2. The van der Waals surface area contributed by atoms with Gasteiger partial charge in [0.15, 0.2) is 0 Å². The fourth-order valence-corrected chi connectivity index (χ4v) is 6.37. The number of carbonyl (C=O) groups is 4. The molecule has 0 saturated carbocycles. The lowest BCUT2D eigenvalue weighted by molar-refractivity contribution is 0.0591. The molecule has 2 saturated heterocycles. The predicted molar refractivity (Wildman–Crippen MR) is 225 cm³/mol. The van der Waals surface area contributed by atoms with Crippen LogP contribution in [-0.4, -0.2) is 133 Å². The molecular weight excluding hydrogens is 830 g/mol. The maximum Gasteiger partial charge on any atom is 0.339 e.